The number of esters is 1. The zero-order valence-corrected chi connectivity index (χ0v) is 22.2. The van der Waals surface area contributed by atoms with Crippen LogP contribution in [0.4, 0.5) is 0 Å². The van der Waals surface area contributed by atoms with Crippen molar-refractivity contribution in [1.82, 2.24) is 5.32 Å². The number of rotatable bonds is 6. The zero-order chi connectivity index (χ0) is 26.2. The summed E-state index contributed by atoms with van der Waals surface area (Å²) in [6.07, 6.45) is 1.40. The molecule has 0 amide bonds. The Hall–Kier alpha value is -2.96. The van der Waals surface area contributed by atoms with Crippen molar-refractivity contribution in [2.24, 2.45) is 0 Å². The molecule has 2 aromatic rings. The highest BCUT2D eigenvalue weighted by atomic mass is 35.5. The Morgan fingerprint density at radius 2 is 1.72 bits per heavy atom. The fraction of sp³-hybridized carbons (Fsp3) is 0.357. The van der Waals surface area contributed by atoms with Gasteiger partial charge in [0.15, 0.2) is 0 Å². The molecule has 0 saturated carbocycles. The maximum Gasteiger partial charge on any atom is 0.336 e. The standard InChI is InChI=1S/C28H29Cl2NO5/c1-15-22(26(32)33)24(19-9-7-10-20(29)25(19)30)23(16(2)31-15)27(34)35-13-12-17-14-28(3,4)36-21-11-6-5-8-18(17)21/h5-11,17,24,31H,12-14H2,1-4H3,(H,32,33). The summed E-state index contributed by atoms with van der Waals surface area (Å²) in [6.45, 7) is 7.65. The van der Waals surface area contributed by atoms with E-state index in [4.69, 9.17) is 32.7 Å². The second kappa shape index (κ2) is 10.2. The van der Waals surface area contributed by atoms with Gasteiger partial charge in [-0.1, -0.05) is 53.5 Å². The predicted molar refractivity (Wildman–Crippen MR) is 139 cm³/mol. The maximum atomic E-state index is 13.4. The summed E-state index contributed by atoms with van der Waals surface area (Å²) in [4.78, 5) is 25.7. The molecule has 2 unspecified atom stereocenters. The van der Waals surface area contributed by atoms with E-state index in [1.165, 1.54) is 0 Å². The Balaban J connectivity index is 1.59. The summed E-state index contributed by atoms with van der Waals surface area (Å²) in [6, 6.07) is 12.9. The van der Waals surface area contributed by atoms with Crippen LogP contribution in [0.3, 0.4) is 0 Å². The number of aliphatic carboxylic acids is 1. The topological polar surface area (TPSA) is 84.9 Å². The number of nitrogens with one attached hydrogen (secondary N) is 1. The summed E-state index contributed by atoms with van der Waals surface area (Å²) in [5.74, 6) is -1.66. The molecule has 2 aliphatic rings. The van der Waals surface area contributed by atoms with Gasteiger partial charge in [0, 0.05) is 11.4 Å². The Morgan fingerprint density at radius 1 is 1.06 bits per heavy atom. The fourth-order valence-electron chi connectivity index (χ4n) is 5.19. The Kier molecular flexibility index (Phi) is 7.39. The molecule has 2 aromatic carbocycles. The van der Waals surface area contributed by atoms with Crippen LogP contribution in [-0.2, 0) is 14.3 Å². The van der Waals surface area contributed by atoms with Gasteiger partial charge in [0.25, 0.3) is 0 Å². The second-order valence-corrected chi connectivity index (χ2v) is 10.6. The Bertz CT molecular complexity index is 1280. The molecule has 2 aliphatic heterocycles. The van der Waals surface area contributed by atoms with Crippen LogP contribution in [0.1, 0.15) is 63.5 Å². The minimum Gasteiger partial charge on any atom is -0.488 e. The molecule has 2 heterocycles. The molecular formula is C28H29Cl2NO5. The average molecular weight is 530 g/mol. The van der Waals surface area contributed by atoms with Crippen LogP contribution in [0.5, 0.6) is 5.75 Å². The highest BCUT2D eigenvalue weighted by Gasteiger charge is 2.39. The second-order valence-electron chi connectivity index (χ2n) is 9.81. The van der Waals surface area contributed by atoms with Crippen molar-refractivity contribution >= 4 is 35.1 Å². The molecular weight excluding hydrogens is 501 g/mol. The van der Waals surface area contributed by atoms with E-state index in [0.29, 0.717) is 23.4 Å². The van der Waals surface area contributed by atoms with Crippen LogP contribution in [0.25, 0.3) is 0 Å². The van der Waals surface area contributed by atoms with Crippen molar-refractivity contribution in [3.05, 3.63) is 86.2 Å². The third-order valence-corrected chi connectivity index (χ3v) is 7.52. The van der Waals surface area contributed by atoms with E-state index in [1.807, 2.05) is 38.1 Å². The average Bonchev–Trinajstić information content (AvgIpc) is 2.79. The number of carboxylic acids is 1. The predicted octanol–water partition coefficient (Wildman–Crippen LogP) is 6.59. The van der Waals surface area contributed by atoms with Gasteiger partial charge in [-0.3, -0.25) is 0 Å². The first-order valence-electron chi connectivity index (χ1n) is 11.8. The minimum absolute atomic E-state index is 0.0248. The Labute approximate surface area is 220 Å². The lowest BCUT2D eigenvalue weighted by Crippen LogP contribution is -2.35. The van der Waals surface area contributed by atoms with Gasteiger partial charge < -0.3 is 19.9 Å². The smallest absolute Gasteiger partial charge is 0.336 e. The van der Waals surface area contributed by atoms with Gasteiger partial charge in [-0.05, 0) is 69.7 Å². The van der Waals surface area contributed by atoms with Crippen LogP contribution < -0.4 is 10.1 Å². The molecule has 0 fully saturated rings. The molecule has 0 aromatic heterocycles. The van der Waals surface area contributed by atoms with Gasteiger partial charge in [-0.2, -0.15) is 0 Å². The van der Waals surface area contributed by atoms with Gasteiger partial charge in [0.1, 0.15) is 11.4 Å². The van der Waals surface area contributed by atoms with Crippen molar-refractivity contribution in [3.8, 4) is 5.75 Å². The van der Waals surface area contributed by atoms with Gasteiger partial charge in [0.2, 0.25) is 0 Å². The van der Waals surface area contributed by atoms with Gasteiger partial charge in [-0.25, -0.2) is 9.59 Å². The van der Waals surface area contributed by atoms with Crippen LogP contribution in [0, 0.1) is 0 Å². The number of halogens is 2. The largest absolute Gasteiger partial charge is 0.488 e. The van der Waals surface area contributed by atoms with Crippen molar-refractivity contribution in [2.75, 3.05) is 6.61 Å². The summed E-state index contributed by atoms with van der Waals surface area (Å²) >= 11 is 12.7. The third kappa shape index (κ3) is 5.11. The number of para-hydroxylation sites is 1. The van der Waals surface area contributed by atoms with Crippen LogP contribution >= 0.6 is 23.2 Å². The van der Waals surface area contributed by atoms with Crippen molar-refractivity contribution in [2.45, 2.75) is 58.0 Å². The molecule has 2 atom stereocenters. The molecule has 0 bridgehead atoms. The number of fused-ring (bicyclic) bond motifs is 1. The number of carboxylic acid groups (broad SMARTS) is 1. The van der Waals surface area contributed by atoms with E-state index in [9.17, 15) is 14.7 Å². The quantitative estimate of drug-likeness (QED) is 0.410. The van der Waals surface area contributed by atoms with Gasteiger partial charge >= 0.3 is 11.9 Å². The lowest BCUT2D eigenvalue weighted by atomic mass is 9.80. The number of hydrogen-bond donors (Lipinski definition) is 2. The first-order valence-corrected chi connectivity index (χ1v) is 12.6. The number of carbonyl (C=O) groups excluding carboxylic acids is 1. The molecule has 8 heteroatoms. The molecule has 0 spiro atoms. The van der Waals surface area contributed by atoms with Gasteiger partial charge in [0.05, 0.1) is 33.7 Å². The number of dihydropyridines is 1. The van der Waals surface area contributed by atoms with Crippen molar-refractivity contribution in [3.63, 3.8) is 0 Å². The van der Waals surface area contributed by atoms with Crippen molar-refractivity contribution in [1.29, 1.82) is 0 Å². The molecule has 190 valence electrons. The highest BCUT2D eigenvalue weighted by Crippen LogP contribution is 2.44. The maximum absolute atomic E-state index is 13.4. The number of allylic oxidation sites excluding steroid dienone is 2. The van der Waals surface area contributed by atoms with E-state index >= 15 is 0 Å². The number of ether oxygens (including phenoxy) is 2. The lowest BCUT2D eigenvalue weighted by molar-refractivity contribution is -0.139. The monoisotopic (exact) mass is 529 g/mol. The van der Waals surface area contributed by atoms with Gasteiger partial charge in [-0.15, -0.1) is 0 Å². The number of carbonyl (C=O) groups is 2. The molecule has 6 nitrogen and oxygen atoms in total. The first-order chi connectivity index (χ1) is 17.0. The molecule has 36 heavy (non-hydrogen) atoms. The number of hydrogen-bond acceptors (Lipinski definition) is 5. The van der Waals surface area contributed by atoms with Crippen molar-refractivity contribution < 1.29 is 24.2 Å². The molecule has 0 saturated heterocycles. The Morgan fingerprint density at radius 3 is 2.44 bits per heavy atom. The number of benzene rings is 2. The first kappa shape index (κ1) is 26.1. The summed E-state index contributed by atoms with van der Waals surface area (Å²) in [7, 11) is 0. The normalized spacial score (nSPS) is 20.8. The van der Waals surface area contributed by atoms with Crippen LogP contribution in [0.15, 0.2) is 65.0 Å². The van der Waals surface area contributed by atoms with E-state index in [2.05, 4.69) is 5.32 Å². The minimum atomic E-state index is -1.15. The van der Waals surface area contributed by atoms with E-state index in [-0.39, 0.29) is 39.3 Å². The zero-order valence-electron chi connectivity index (χ0n) is 20.7. The molecule has 0 aliphatic carbocycles. The molecule has 0 radical (unpaired) electrons. The van der Waals surface area contributed by atoms with Crippen LogP contribution in [-0.4, -0.2) is 29.3 Å². The van der Waals surface area contributed by atoms with E-state index < -0.39 is 17.9 Å². The summed E-state index contributed by atoms with van der Waals surface area (Å²) < 4.78 is 11.9. The summed E-state index contributed by atoms with van der Waals surface area (Å²) in [5.41, 5.74) is 2.38. The SMILES string of the molecule is CC1=C(C(=O)O)C(c2cccc(Cl)c2Cl)C(C(=O)OCCC2CC(C)(C)Oc3ccccc32)=C(C)N1. The summed E-state index contributed by atoms with van der Waals surface area (Å²) in [5, 5.41) is 13.5. The third-order valence-electron chi connectivity index (χ3n) is 6.69. The lowest BCUT2D eigenvalue weighted by Gasteiger charge is -2.37. The van der Waals surface area contributed by atoms with E-state index in [1.54, 1.807) is 32.0 Å². The fourth-order valence-corrected chi connectivity index (χ4v) is 5.60. The highest BCUT2D eigenvalue weighted by molar-refractivity contribution is 6.42. The van der Waals surface area contributed by atoms with E-state index in [0.717, 1.165) is 17.7 Å². The molecule has 4 rings (SSSR count). The molecule has 2 N–H and O–H groups in total. The van der Waals surface area contributed by atoms with Crippen LogP contribution in [0.2, 0.25) is 10.0 Å².